The van der Waals surface area contributed by atoms with Crippen molar-refractivity contribution in [1.82, 2.24) is 24.6 Å². The molecule has 0 radical (unpaired) electrons. The number of nitrogens with one attached hydrogen (secondary N) is 1. The average molecular weight is 315 g/mol. The van der Waals surface area contributed by atoms with Crippen LogP contribution in [0.2, 0.25) is 0 Å². The molecule has 6 nitrogen and oxygen atoms in total. The number of imidazole rings is 1. The van der Waals surface area contributed by atoms with Gasteiger partial charge in [0.05, 0.1) is 6.20 Å². The van der Waals surface area contributed by atoms with Gasteiger partial charge in [-0.15, -0.1) is 0 Å². The highest BCUT2D eigenvalue weighted by molar-refractivity contribution is 5.76. The Labute approximate surface area is 136 Å². The number of aromatic amines is 1. The maximum absolute atomic E-state index is 12.5. The molecule has 1 saturated heterocycles. The molecule has 1 aliphatic heterocycles. The number of carbonyl (C=O) groups is 1. The lowest BCUT2D eigenvalue weighted by Gasteiger charge is -2.32. The summed E-state index contributed by atoms with van der Waals surface area (Å²) in [6, 6.07) is 0. The molecule has 0 unspecified atom stereocenters. The number of piperidine rings is 1. The highest BCUT2D eigenvalue weighted by Crippen LogP contribution is 2.25. The number of carbonyl (C=O) groups excluding carboxylic acids is 1. The Kier molecular flexibility index (Phi) is 4.50. The molecule has 1 N–H and O–H groups in total. The van der Waals surface area contributed by atoms with Gasteiger partial charge in [0.1, 0.15) is 5.82 Å². The van der Waals surface area contributed by atoms with Crippen molar-refractivity contribution in [3.8, 4) is 0 Å². The first-order chi connectivity index (χ1) is 11.0. The van der Waals surface area contributed by atoms with Crippen molar-refractivity contribution in [2.45, 2.75) is 45.4 Å². The minimum Gasteiger partial charge on any atom is -0.346 e. The molecule has 0 saturated carbocycles. The summed E-state index contributed by atoms with van der Waals surface area (Å²) in [5.74, 6) is 1.59. The molecule has 1 amide bonds. The van der Waals surface area contributed by atoms with E-state index in [9.17, 15) is 4.79 Å². The fourth-order valence-electron chi connectivity index (χ4n) is 3.26. The lowest BCUT2D eigenvalue weighted by Crippen LogP contribution is -2.39. The molecule has 1 aliphatic rings. The van der Waals surface area contributed by atoms with E-state index in [1.807, 2.05) is 42.9 Å². The van der Waals surface area contributed by atoms with Gasteiger partial charge in [-0.05, 0) is 38.7 Å². The Morgan fingerprint density at radius 2 is 2.22 bits per heavy atom. The van der Waals surface area contributed by atoms with E-state index in [-0.39, 0.29) is 5.91 Å². The van der Waals surface area contributed by atoms with Crippen LogP contribution >= 0.6 is 0 Å². The van der Waals surface area contributed by atoms with Crippen molar-refractivity contribution < 1.29 is 4.79 Å². The highest BCUT2D eigenvalue weighted by atomic mass is 16.2. The van der Waals surface area contributed by atoms with Gasteiger partial charge in [0, 0.05) is 50.1 Å². The largest absolute Gasteiger partial charge is 0.346 e. The normalized spacial score (nSPS) is 18.4. The topological polar surface area (TPSA) is 66.8 Å². The summed E-state index contributed by atoms with van der Waals surface area (Å²) in [6.07, 6.45) is 7.19. The molecule has 6 heteroatoms. The van der Waals surface area contributed by atoms with E-state index in [0.29, 0.717) is 12.3 Å². The van der Waals surface area contributed by atoms with Crippen molar-refractivity contribution in [2.75, 3.05) is 13.1 Å². The van der Waals surface area contributed by atoms with Crippen molar-refractivity contribution >= 4 is 5.91 Å². The molecule has 0 bridgehead atoms. The molecule has 0 aliphatic carbocycles. The molecule has 23 heavy (non-hydrogen) atoms. The molecule has 1 fully saturated rings. The van der Waals surface area contributed by atoms with Gasteiger partial charge in [-0.3, -0.25) is 9.48 Å². The van der Waals surface area contributed by atoms with Crippen LogP contribution in [-0.2, 0) is 18.3 Å². The van der Waals surface area contributed by atoms with Crippen LogP contribution in [0, 0.1) is 13.8 Å². The number of amides is 1. The van der Waals surface area contributed by atoms with Gasteiger partial charge >= 0.3 is 0 Å². The average Bonchev–Trinajstić information content (AvgIpc) is 3.13. The molecule has 0 aromatic carbocycles. The predicted octanol–water partition coefficient (Wildman–Crippen LogP) is 2.10. The van der Waals surface area contributed by atoms with Crippen molar-refractivity contribution in [1.29, 1.82) is 0 Å². The lowest BCUT2D eigenvalue weighted by molar-refractivity contribution is -0.132. The van der Waals surface area contributed by atoms with Crippen LogP contribution in [0.4, 0.5) is 0 Å². The molecule has 3 heterocycles. The number of likely N-dealkylation sites (tertiary alicyclic amines) is 1. The standard InChI is InChI=1S/C17H25N5O/c1-12-9-18-17(20-12)15-5-4-8-22(11-15)16(23)7-6-14-10-19-21(3)13(14)2/h9-10,15H,4-8,11H2,1-3H3,(H,18,20)/t15-/m1/s1. The van der Waals surface area contributed by atoms with Crippen LogP contribution in [0.15, 0.2) is 12.4 Å². The predicted molar refractivity (Wildman–Crippen MR) is 88.1 cm³/mol. The van der Waals surface area contributed by atoms with Crippen LogP contribution in [0.1, 0.15) is 48.0 Å². The molecular formula is C17H25N5O. The van der Waals surface area contributed by atoms with Crippen LogP contribution < -0.4 is 0 Å². The second-order valence-corrected chi connectivity index (χ2v) is 6.51. The quantitative estimate of drug-likeness (QED) is 0.939. The summed E-state index contributed by atoms with van der Waals surface area (Å²) in [6.45, 7) is 5.69. The Hall–Kier alpha value is -2.11. The van der Waals surface area contributed by atoms with E-state index in [2.05, 4.69) is 15.1 Å². The first-order valence-electron chi connectivity index (χ1n) is 8.31. The van der Waals surface area contributed by atoms with Crippen molar-refractivity contribution in [2.24, 2.45) is 7.05 Å². The second-order valence-electron chi connectivity index (χ2n) is 6.51. The number of aryl methyl sites for hydroxylation is 3. The summed E-state index contributed by atoms with van der Waals surface area (Å²) < 4.78 is 1.86. The van der Waals surface area contributed by atoms with Crippen LogP contribution in [-0.4, -0.2) is 43.6 Å². The summed E-state index contributed by atoms with van der Waals surface area (Å²) in [5, 5.41) is 4.24. The fraction of sp³-hybridized carbons (Fsp3) is 0.588. The van der Waals surface area contributed by atoms with Crippen LogP contribution in [0.5, 0.6) is 0 Å². The van der Waals surface area contributed by atoms with Crippen LogP contribution in [0.25, 0.3) is 0 Å². The van der Waals surface area contributed by atoms with Gasteiger partial charge in [0.2, 0.25) is 5.91 Å². The molecule has 2 aromatic rings. The summed E-state index contributed by atoms with van der Waals surface area (Å²) in [4.78, 5) is 22.3. The molecule has 1 atom stereocenters. The first kappa shape index (κ1) is 15.8. The number of hydrogen-bond acceptors (Lipinski definition) is 3. The number of aromatic nitrogens is 4. The Morgan fingerprint density at radius 3 is 2.87 bits per heavy atom. The third-order valence-electron chi connectivity index (χ3n) is 4.83. The molecule has 124 valence electrons. The Balaban J connectivity index is 1.57. The van der Waals surface area contributed by atoms with Gasteiger partial charge in [-0.1, -0.05) is 0 Å². The number of H-pyrrole nitrogens is 1. The van der Waals surface area contributed by atoms with Crippen LogP contribution in [0.3, 0.4) is 0 Å². The molecule has 2 aromatic heterocycles. The van der Waals surface area contributed by atoms with Gasteiger partial charge in [0.15, 0.2) is 0 Å². The Bertz CT molecular complexity index is 687. The van der Waals surface area contributed by atoms with Gasteiger partial charge in [-0.2, -0.15) is 5.10 Å². The third kappa shape index (κ3) is 3.46. The highest BCUT2D eigenvalue weighted by Gasteiger charge is 2.26. The zero-order valence-corrected chi connectivity index (χ0v) is 14.2. The van der Waals surface area contributed by atoms with Gasteiger partial charge in [0.25, 0.3) is 0 Å². The van der Waals surface area contributed by atoms with E-state index in [0.717, 1.165) is 55.1 Å². The molecular weight excluding hydrogens is 290 g/mol. The number of nitrogens with zero attached hydrogens (tertiary/aromatic N) is 4. The Morgan fingerprint density at radius 1 is 1.39 bits per heavy atom. The number of rotatable bonds is 4. The molecule has 0 spiro atoms. The van der Waals surface area contributed by atoms with E-state index in [1.165, 1.54) is 0 Å². The van der Waals surface area contributed by atoms with Crippen molar-refractivity contribution in [3.05, 3.63) is 35.2 Å². The second kappa shape index (κ2) is 6.56. The van der Waals surface area contributed by atoms with Crippen molar-refractivity contribution in [3.63, 3.8) is 0 Å². The fourth-order valence-corrected chi connectivity index (χ4v) is 3.26. The first-order valence-corrected chi connectivity index (χ1v) is 8.31. The maximum atomic E-state index is 12.5. The van der Waals surface area contributed by atoms with E-state index >= 15 is 0 Å². The summed E-state index contributed by atoms with van der Waals surface area (Å²) in [5.41, 5.74) is 3.38. The van der Waals surface area contributed by atoms with E-state index in [4.69, 9.17) is 0 Å². The smallest absolute Gasteiger partial charge is 0.222 e. The summed E-state index contributed by atoms with van der Waals surface area (Å²) in [7, 11) is 1.93. The maximum Gasteiger partial charge on any atom is 0.222 e. The van der Waals surface area contributed by atoms with Gasteiger partial charge < -0.3 is 9.88 Å². The molecule has 3 rings (SSSR count). The minimum absolute atomic E-state index is 0.237. The van der Waals surface area contributed by atoms with Gasteiger partial charge in [-0.25, -0.2) is 4.98 Å². The minimum atomic E-state index is 0.237. The van der Waals surface area contributed by atoms with E-state index in [1.54, 1.807) is 0 Å². The van der Waals surface area contributed by atoms with E-state index < -0.39 is 0 Å². The lowest BCUT2D eigenvalue weighted by atomic mass is 9.97. The summed E-state index contributed by atoms with van der Waals surface area (Å²) >= 11 is 0. The SMILES string of the molecule is Cc1cnc([C@@H]2CCCN(C(=O)CCc3cnn(C)c3C)C2)[nH]1. The monoisotopic (exact) mass is 315 g/mol. The number of hydrogen-bond donors (Lipinski definition) is 1. The zero-order valence-electron chi connectivity index (χ0n) is 14.2. The third-order valence-corrected chi connectivity index (χ3v) is 4.83. The zero-order chi connectivity index (χ0) is 16.4.